The summed E-state index contributed by atoms with van der Waals surface area (Å²) in [5, 5.41) is 0.711. The smallest absolute Gasteiger partial charge is 0.198 e. The maximum Gasteiger partial charge on any atom is 0.198 e. The van der Waals surface area contributed by atoms with Crippen LogP contribution in [0.3, 0.4) is 0 Å². The highest BCUT2D eigenvalue weighted by molar-refractivity contribution is 9.10. The van der Waals surface area contributed by atoms with E-state index in [0.717, 1.165) is 26.9 Å². The van der Waals surface area contributed by atoms with E-state index in [-0.39, 0.29) is 0 Å². The van der Waals surface area contributed by atoms with Crippen molar-refractivity contribution >= 4 is 27.5 Å². The molecule has 0 amide bonds. The van der Waals surface area contributed by atoms with Crippen LogP contribution in [0.15, 0.2) is 59.2 Å². The van der Waals surface area contributed by atoms with Crippen molar-refractivity contribution in [3.8, 4) is 22.4 Å². The molecule has 0 atom stereocenters. The van der Waals surface area contributed by atoms with Crippen LogP contribution in [-0.2, 0) is 0 Å². The van der Waals surface area contributed by atoms with Crippen LogP contribution < -0.4 is 0 Å². The number of nitrogens with zero attached hydrogens (tertiary/aromatic N) is 2. The van der Waals surface area contributed by atoms with E-state index in [1.165, 1.54) is 0 Å². The largest absolute Gasteiger partial charge is 0.233 e. The first-order valence-corrected chi connectivity index (χ1v) is 7.16. The number of hydrogen-bond acceptors (Lipinski definition) is 2. The molecule has 1 aromatic heterocycles. The molecule has 1 radical (unpaired) electrons. The molecular weight excluding hydrogens is 336 g/mol. The first-order valence-electron chi connectivity index (χ1n) is 5.99. The molecule has 0 saturated carbocycles. The van der Waals surface area contributed by atoms with Crippen LogP contribution in [0.4, 0.5) is 0 Å². The van der Waals surface area contributed by atoms with Crippen molar-refractivity contribution in [3.05, 3.63) is 70.6 Å². The number of halogens is 2. The number of benzene rings is 2. The molecule has 3 rings (SSSR count). The predicted molar refractivity (Wildman–Crippen MR) is 84.5 cm³/mol. The third-order valence-corrected chi connectivity index (χ3v) is 3.72. The molecular formula is C16H9BrClN2. The number of rotatable bonds is 2. The highest BCUT2D eigenvalue weighted by Gasteiger charge is 2.09. The van der Waals surface area contributed by atoms with Crippen molar-refractivity contribution in [1.82, 2.24) is 9.97 Å². The average Bonchev–Trinajstić information content (AvgIpc) is 2.49. The minimum Gasteiger partial charge on any atom is -0.233 e. The fourth-order valence-corrected chi connectivity index (χ4v) is 2.35. The molecule has 2 aromatic carbocycles. The first-order chi connectivity index (χ1) is 9.74. The Morgan fingerprint density at radius 1 is 0.900 bits per heavy atom. The zero-order valence-corrected chi connectivity index (χ0v) is 12.7. The Balaban J connectivity index is 2.13. The normalized spacial score (nSPS) is 10.5. The minimum absolute atomic E-state index is 0.711. The maximum absolute atomic E-state index is 5.93. The second-order valence-corrected chi connectivity index (χ2v) is 5.60. The summed E-state index contributed by atoms with van der Waals surface area (Å²) in [4.78, 5) is 8.30. The van der Waals surface area contributed by atoms with Gasteiger partial charge in [-0.2, -0.15) is 0 Å². The van der Waals surface area contributed by atoms with Crippen molar-refractivity contribution < 1.29 is 0 Å². The van der Waals surface area contributed by atoms with Crippen molar-refractivity contribution in [3.63, 3.8) is 0 Å². The van der Waals surface area contributed by atoms with Gasteiger partial charge < -0.3 is 0 Å². The van der Waals surface area contributed by atoms with Crippen molar-refractivity contribution in [2.45, 2.75) is 0 Å². The first kappa shape index (κ1) is 13.3. The highest BCUT2D eigenvalue weighted by Crippen LogP contribution is 2.30. The lowest BCUT2D eigenvalue weighted by atomic mass is 10.0. The standard InChI is InChI=1S/C16H9BrClN2/c17-13-5-1-12(2-6-13)16-15(9-19-10-20-16)11-3-7-14(18)8-4-11/h1-9H. The summed E-state index contributed by atoms with van der Waals surface area (Å²) >= 11 is 9.36. The molecule has 3 aromatic rings. The molecule has 4 heteroatoms. The van der Waals surface area contributed by atoms with Crippen LogP contribution in [0.2, 0.25) is 5.02 Å². The lowest BCUT2D eigenvalue weighted by Gasteiger charge is -2.08. The Kier molecular flexibility index (Phi) is 3.81. The molecule has 0 N–H and O–H groups in total. The van der Waals surface area contributed by atoms with E-state index < -0.39 is 0 Å². The van der Waals surface area contributed by atoms with Crippen LogP contribution in [0.1, 0.15) is 0 Å². The molecule has 0 aliphatic carbocycles. The van der Waals surface area contributed by atoms with E-state index >= 15 is 0 Å². The molecule has 0 unspecified atom stereocenters. The SMILES string of the molecule is Clc1ccc(-c2cn[c]nc2-c2ccc(Br)cc2)cc1. The zero-order chi connectivity index (χ0) is 13.9. The van der Waals surface area contributed by atoms with Gasteiger partial charge in [0.25, 0.3) is 0 Å². The quantitative estimate of drug-likeness (QED) is 0.652. The number of aromatic nitrogens is 2. The summed E-state index contributed by atoms with van der Waals surface area (Å²) in [6.45, 7) is 0. The Bertz CT molecular complexity index is 660. The van der Waals surface area contributed by atoms with Gasteiger partial charge in [-0.05, 0) is 29.8 Å². The Hall–Kier alpha value is -1.71. The van der Waals surface area contributed by atoms with E-state index in [0.29, 0.717) is 5.02 Å². The van der Waals surface area contributed by atoms with Crippen molar-refractivity contribution in [2.24, 2.45) is 0 Å². The Morgan fingerprint density at radius 3 is 2.25 bits per heavy atom. The molecule has 0 aliphatic heterocycles. The van der Waals surface area contributed by atoms with Gasteiger partial charge in [-0.25, -0.2) is 9.97 Å². The average molecular weight is 345 g/mol. The van der Waals surface area contributed by atoms with Gasteiger partial charge in [0.2, 0.25) is 0 Å². The molecule has 1 heterocycles. The van der Waals surface area contributed by atoms with E-state index in [1.54, 1.807) is 6.20 Å². The summed E-state index contributed by atoms with van der Waals surface area (Å²) in [6.07, 6.45) is 4.43. The van der Waals surface area contributed by atoms with Crippen LogP contribution in [0, 0.1) is 6.33 Å². The summed E-state index contributed by atoms with van der Waals surface area (Å²) < 4.78 is 1.03. The van der Waals surface area contributed by atoms with E-state index in [1.807, 2.05) is 48.5 Å². The van der Waals surface area contributed by atoms with E-state index in [2.05, 4.69) is 32.2 Å². The summed E-state index contributed by atoms with van der Waals surface area (Å²) in [5.41, 5.74) is 3.87. The minimum atomic E-state index is 0.711. The van der Waals surface area contributed by atoms with Crippen LogP contribution in [-0.4, -0.2) is 9.97 Å². The molecule has 0 spiro atoms. The van der Waals surface area contributed by atoms with Gasteiger partial charge >= 0.3 is 0 Å². The van der Waals surface area contributed by atoms with Crippen LogP contribution >= 0.6 is 27.5 Å². The monoisotopic (exact) mass is 343 g/mol. The van der Waals surface area contributed by atoms with E-state index in [4.69, 9.17) is 11.6 Å². The fourth-order valence-electron chi connectivity index (χ4n) is 1.96. The Labute approximate surface area is 130 Å². The molecule has 0 fully saturated rings. The van der Waals surface area contributed by atoms with Gasteiger partial charge in [-0.1, -0.05) is 51.8 Å². The third kappa shape index (κ3) is 2.74. The second-order valence-electron chi connectivity index (χ2n) is 4.25. The van der Waals surface area contributed by atoms with Crippen molar-refractivity contribution in [2.75, 3.05) is 0 Å². The van der Waals surface area contributed by atoms with Crippen LogP contribution in [0.25, 0.3) is 22.4 Å². The summed E-state index contributed by atoms with van der Waals surface area (Å²) in [5.74, 6) is 0. The van der Waals surface area contributed by atoms with Gasteiger partial charge in [-0.3, -0.25) is 0 Å². The van der Waals surface area contributed by atoms with Crippen LogP contribution in [0.5, 0.6) is 0 Å². The molecule has 0 aliphatic rings. The molecule has 0 saturated heterocycles. The lowest BCUT2D eigenvalue weighted by Crippen LogP contribution is -1.91. The molecule has 0 bridgehead atoms. The van der Waals surface area contributed by atoms with Gasteiger partial charge in [0.05, 0.1) is 5.69 Å². The summed E-state index contributed by atoms with van der Waals surface area (Å²) in [7, 11) is 0. The van der Waals surface area contributed by atoms with Gasteiger partial charge in [0.15, 0.2) is 6.33 Å². The lowest BCUT2D eigenvalue weighted by molar-refractivity contribution is 1.16. The zero-order valence-electron chi connectivity index (χ0n) is 10.3. The molecule has 2 nitrogen and oxygen atoms in total. The second kappa shape index (κ2) is 5.73. The molecule has 97 valence electrons. The Morgan fingerprint density at radius 2 is 1.55 bits per heavy atom. The number of hydrogen-bond donors (Lipinski definition) is 0. The fraction of sp³-hybridized carbons (Fsp3) is 0. The third-order valence-electron chi connectivity index (χ3n) is 2.94. The highest BCUT2D eigenvalue weighted by atomic mass is 79.9. The topological polar surface area (TPSA) is 25.8 Å². The maximum atomic E-state index is 5.93. The van der Waals surface area contributed by atoms with Crippen molar-refractivity contribution in [1.29, 1.82) is 0 Å². The van der Waals surface area contributed by atoms with E-state index in [9.17, 15) is 0 Å². The van der Waals surface area contributed by atoms with Gasteiger partial charge in [0.1, 0.15) is 0 Å². The predicted octanol–water partition coefficient (Wildman–Crippen LogP) is 5.03. The van der Waals surface area contributed by atoms with Gasteiger partial charge in [-0.15, -0.1) is 0 Å². The summed E-state index contributed by atoms with van der Waals surface area (Å²) in [6, 6.07) is 15.6. The van der Waals surface area contributed by atoms with Gasteiger partial charge in [0, 0.05) is 26.8 Å². The molecule has 20 heavy (non-hydrogen) atoms.